The number of aromatic nitrogens is 2. The summed E-state index contributed by atoms with van der Waals surface area (Å²) in [5.74, 6) is 0.550. The minimum Gasteiger partial charge on any atom is -0.446 e. The third kappa shape index (κ3) is 2.86. The molecule has 0 aliphatic carbocycles. The van der Waals surface area contributed by atoms with E-state index in [0.717, 1.165) is 15.7 Å². The lowest BCUT2D eigenvalue weighted by molar-refractivity contribution is 0.402. The van der Waals surface area contributed by atoms with Crippen molar-refractivity contribution in [2.24, 2.45) is 7.05 Å². The van der Waals surface area contributed by atoms with E-state index in [0.29, 0.717) is 12.3 Å². The zero-order chi connectivity index (χ0) is 14.9. The van der Waals surface area contributed by atoms with Crippen molar-refractivity contribution in [1.82, 2.24) is 14.1 Å². The molecule has 7 nitrogen and oxygen atoms in total. The second kappa shape index (κ2) is 5.29. The van der Waals surface area contributed by atoms with Crippen molar-refractivity contribution in [3.63, 3.8) is 0 Å². The molecule has 0 aliphatic heterocycles. The summed E-state index contributed by atoms with van der Waals surface area (Å²) in [5.41, 5.74) is 1.76. The monoisotopic (exact) mass is 298 g/mol. The van der Waals surface area contributed by atoms with Crippen LogP contribution in [0.15, 0.2) is 27.8 Å². The molecule has 0 aliphatic rings. The average Bonchev–Trinajstić information content (AvgIpc) is 2.93. The third-order valence-electron chi connectivity index (χ3n) is 2.84. The van der Waals surface area contributed by atoms with Crippen LogP contribution in [0.4, 0.5) is 5.69 Å². The highest BCUT2D eigenvalue weighted by Gasteiger charge is 2.21. The van der Waals surface area contributed by atoms with E-state index < -0.39 is 10.0 Å². The molecule has 110 valence electrons. The van der Waals surface area contributed by atoms with Crippen LogP contribution in [-0.4, -0.2) is 36.6 Å². The Morgan fingerprint density at radius 1 is 1.40 bits per heavy atom. The molecular formula is C12H18N4O3S. The molecule has 2 heterocycles. The molecule has 0 radical (unpaired) electrons. The summed E-state index contributed by atoms with van der Waals surface area (Å²) in [4.78, 5) is 0. The fraction of sp³-hybridized carbons (Fsp3) is 0.417. The number of anilines is 1. The largest absolute Gasteiger partial charge is 0.446 e. The van der Waals surface area contributed by atoms with Gasteiger partial charge in [0.05, 0.1) is 17.9 Å². The number of aryl methyl sites for hydroxylation is 2. The van der Waals surface area contributed by atoms with Crippen molar-refractivity contribution in [2.45, 2.75) is 18.6 Å². The van der Waals surface area contributed by atoms with E-state index in [4.69, 9.17) is 4.42 Å². The number of rotatable bonds is 5. The highest BCUT2D eigenvalue weighted by molar-refractivity contribution is 7.88. The van der Waals surface area contributed by atoms with E-state index in [1.54, 1.807) is 10.7 Å². The van der Waals surface area contributed by atoms with E-state index in [1.807, 2.05) is 20.2 Å². The van der Waals surface area contributed by atoms with Gasteiger partial charge in [-0.25, -0.2) is 12.7 Å². The molecule has 20 heavy (non-hydrogen) atoms. The van der Waals surface area contributed by atoms with Crippen LogP contribution in [0, 0.1) is 6.92 Å². The van der Waals surface area contributed by atoms with Gasteiger partial charge >= 0.3 is 0 Å². The van der Waals surface area contributed by atoms with Gasteiger partial charge in [0, 0.05) is 27.3 Å². The van der Waals surface area contributed by atoms with Gasteiger partial charge in [-0.3, -0.25) is 4.68 Å². The van der Waals surface area contributed by atoms with Crippen molar-refractivity contribution >= 4 is 15.7 Å². The van der Waals surface area contributed by atoms with Crippen molar-refractivity contribution in [3.05, 3.63) is 29.8 Å². The number of sulfonamides is 1. The maximum atomic E-state index is 11.9. The van der Waals surface area contributed by atoms with Crippen LogP contribution < -0.4 is 5.32 Å². The van der Waals surface area contributed by atoms with Gasteiger partial charge in [0.1, 0.15) is 5.76 Å². The summed E-state index contributed by atoms with van der Waals surface area (Å²) < 4.78 is 31.9. The Bertz CT molecular complexity index is 700. The predicted molar refractivity (Wildman–Crippen MR) is 74.9 cm³/mol. The molecule has 0 amide bonds. The first-order valence-corrected chi connectivity index (χ1v) is 7.50. The maximum Gasteiger partial charge on any atom is 0.275 e. The number of nitrogens with zero attached hydrogens (tertiary/aromatic N) is 3. The van der Waals surface area contributed by atoms with Crippen LogP contribution in [0.1, 0.15) is 11.5 Å². The minimum absolute atomic E-state index is 0.0535. The molecular weight excluding hydrogens is 280 g/mol. The highest BCUT2D eigenvalue weighted by atomic mass is 32.2. The Hall–Kier alpha value is -1.80. The van der Waals surface area contributed by atoms with Gasteiger partial charge < -0.3 is 9.73 Å². The van der Waals surface area contributed by atoms with Crippen LogP contribution in [0.3, 0.4) is 0 Å². The van der Waals surface area contributed by atoms with E-state index in [9.17, 15) is 8.42 Å². The van der Waals surface area contributed by atoms with Gasteiger partial charge in [-0.15, -0.1) is 0 Å². The molecule has 0 saturated heterocycles. The smallest absolute Gasteiger partial charge is 0.275 e. The summed E-state index contributed by atoms with van der Waals surface area (Å²) in [6, 6.07) is 3.11. The molecule has 0 saturated carbocycles. The third-order valence-corrected chi connectivity index (χ3v) is 4.53. The van der Waals surface area contributed by atoms with E-state index in [1.165, 1.54) is 20.2 Å². The lowest BCUT2D eigenvalue weighted by Gasteiger charge is -2.08. The molecule has 2 rings (SSSR count). The molecule has 0 spiro atoms. The molecule has 0 fully saturated rings. The first-order chi connectivity index (χ1) is 9.30. The molecule has 0 atom stereocenters. The second-order valence-electron chi connectivity index (χ2n) is 4.66. The van der Waals surface area contributed by atoms with Crippen LogP contribution >= 0.6 is 0 Å². The Balaban J connectivity index is 2.09. The highest BCUT2D eigenvalue weighted by Crippen LogP contribution is 2.18. The van der Waals surface area contributed by atoms with Crippen LogP contribution in [0.5, 0.6) is 0 Å². The second-order valence-corrected chi connectivity index (χ2v) is 6.75. The van der Waals surface area contributed by atoms with Crippen molar-refractivity contribution < 1.29 is 12.8 Å². The molecule has 0 unspecified atom stereocenters. The van der Waals surface area contributed by atoms with Crippen LogP contribution in [0.2, 0.25) is 0 Å². The number of nitrogens with one attached hydrogen (secondary N) is 1. The van der Waals surface area contributed by atoms with Crippen molar-refractivity contribution in [1.29, 1.82) is 0 Å². The molecule has 8 heteroatoms. The average molecular weight is 298 g/mol. The minimum atomic E-state index is -3.52. The van der Waals surface area contributed by atoms with Gasteiger partial charge in [-0.1, -0.05) is 0 Å². The van der Waals surface area contributed by atoms with Crippen molar-refractivity contribution in [3.8, 4) is 0 Å². The van der Waals surface area contributed by atoms with Crippen molar-refractivity contribution in [2.75, 3.05) is 19.4 Å². The summed E-state index contributed by atoms with van der Waals surface area (Å²) in [6.45, 7) is 2.29. The van der Waals surface area contributed by atoms with Gasteiger partial charge in [-0.05, 0) is 19.1 Å². The number of hydrogen-bond acceptors (Lipinski definition) is 5. The summed E-state index contributed by atoms with van der Waals surface area (Å²) in [5, 5.41) is 7.32. The maximum absolute atomic E-state index is 11.9. The topological polar surface area (TPSA) is 80.4 Å². The van der Waals surface area contributed by atoms with E-state index in [2.05, 4.69) is 10.4 Å². The molecule has 0 aromatic carbocycles. The molecule has 0 bridgehead atoms. The lowest BCUT2D eigenvalue weighted by atomic mass is 10.4. The van der Waals surface area contributed by atoms with Gasteiger partial charge in [0.15, 0.2) is 0 Å². The van der Waals surface area contributed by atoms with Gasteiger partial charge in [-0.2, -0.15) is 5.10 Å². The molecule has 2 aromatic rings. The van der Waals surface area contributed by atoms with Gasteiger partial charge in [0.2, 0.25) is 5.09 Å². The summed E-state index contributed by atoms with van der Waals surface area (Å²) in [7, 11) is 1.25. The normalized spacial score (nSPS) is 12.1. The number of furan rings is 1. The summed E-state index contributed by atoms with van der Waals surface area (Å²) in [6.07, 6.45) is 1.86. The first kappa shape index (κ1) is 14.6. The fourth-order valence-electron chi connectivity index (χ4n) is 1.73. The van der Waals surface area contributed by atoms with Crippen LogP contribution in [0.25, 0.3) is 0 Å². The Morgan fingerprint density at radius 2 is 2.10 bits per heavy atom. The Morgan fingerprint density at radius 3 is 2.65 bits per heavy atom. The zero-order valence-electron chi connectivity index (χ0n) is 11.9. The van der Waals surface area contributed by atoms with Crippen LogP contribution in [-0.2, 0) is 23.6 Å². The predicted octanol–water partition coefficient (Wildman–Crippen LogP) is 1.18. The first-order valence-electron chi connectivity index (χ1n) is 6.06. The van der Waals surface area contributed by atoms with E-state index >= 15 is 0 Å². The van der Waals surface area contributed by atoms with Gasteiger partial charge in [0.25, 0.3) is 10.0 Å². The molecule has 2 aromatic heterocycles. The SMILES string of the molecule is Cc1nn(C)cc1NCc1ccc(S(=O)(=O)N(C)C)o1. The lowest BCUT2D eigenvalue weighted by Crippen LogP contribution is -2.21. The van der Waals surface area contributed by atoms with E-state index in [-0.39, 0.29) is 5.09 Å². The number of hydrogen-bond donors (Lipinski definition) is 1. The Kier molecular flexibility index (Phi) is 3.87. The Labute approximate surface area is 118 Å². The zero-order valence-corrected chi connectivity index (χ0v) is 12.7. The molecule has 1 N–H and O–H groups in total. The summed E-state index contributed by atoms with van der Waals surface area (Å²) >= 11 is 0. The standard InChI is InChI=1S/C12H18N4O3S/c1-9-11(8-16(4)14-9)13-7-10-5-6-12(19-10)20(17,18)15(2)3/h5-6,8,13H,7H2,1-4H3. The fourth-order valence-corrected chi connectivity index (χ4v) is 2.54. The quantitative estimate of drug-likeness (QED) is 0.896.